The molecule has 0 aliphatic heterocycles. The maximum Gasteiger partial charge on any atom is 0.0570 e. The van der Waals surface area contributed by atoms with Gasteiger partial charge in [0.05, 0.1) is 5.69 Å². The van der Waals surface area contributed by atoms with Gasteiger partial charge in [0.1, 0.15) is 0 Å². The molecule has 19 heavy (non-hydrogen) atoms. The van der Waals surface area contributed by atoms with E-state index < -0.39 is 0 Å². The van der Waals surface area contributed by atoms with Gasteiger partial charge in [-0.15, -0.1) is 0 Å². The monoisotopic (exact) mass is 253 g/mol. The molecular weight excluding hydrogens is 234 g/mol. The standard InChI is InChI=1S/C16H19N3/c1-11-3-2-8-18-16(11)10-19-15-7-4-12-9-13(17)5-6-14(12)15/h2-3,5-6,8-9,15,19H,4,7,10,17H2,1H3. The van der Waals surface area contributed by atoms with Crippen molar-refractivity contribution in [1.82, 2.24) is 10.3 Å². The number of benzene rings is 1. The van der Waals surface area contributed by atoms with Crippen molar-refractivity contribution in [3.8, 4) is 0 Å². The first kappa shape index (κ1) is 12.2. The Morgan fingerprint density at radius 3 is 3.11 bits per heavy atom. The van der Waals surface area contributed by atoms with Gasteiger partial charge in [-0.1, -0.05) is 12.1 Å². The fourth-order valence-electron chi connectivity index (χ4n) is 2.77. The Bertz CT molecular complexity index is 592. The summed E-state index contributed by atoms with van der Waals surface area (Å²) >= 11 is 0. The van der Waals surface area contributed by atoms with Gasteiger partial charge in [0, 0.05) is 24.5 Å². The summed E-state index contributed by atoms with van der Waals surface area (Å²) in [4.78, 5) is 4.43. The van der Waals surface area contributed by atoms with E-state index in [-0.39, 0.29) is 0 Å². The second kappa shape index (κ2) is 5.02. The number of hydrogen-bond acceptors (Lipinski definition) is 3. The van der Waals surface area contributed by atoms with E-state index in [1.54, 1.807) is 0 Å². The SMILES string of the molecule is Cc1cccnc1CNC1CCc2cc(N)ccc21. The Kier molecular flexibility index (Phi) is 3.22. The molecule has 2 aromatic rings. The number of hydrogen-bond donors (Lipinski definition) is 2. The maximum atomic E-state index is 5.83. The third-order valence-electron chi connectivity index (χ3n) is 3.88. The van der Waals surface area contributed by atoms with Crippen LogP contribution in [-0.2, 0) is 13.0 Å². The molecule has 0 saturated carbocycles. The second-order valence-electron chi connectivity index (χ2n) is 5.20. The van der Waals surface area contributed by atoms with E-state index in [1.165, 1.54) is 16.7 Å². The Hall–Kier alpha value is -1.87. The lowest BCUT2D eigenvalue weighted by molar-refractivity contribution is 0.524. The maximum absolute atomic E-state index is 5.83. The van der Waals surface area contributed by atoms with E-state index in [0.29, 0.717) is 6.04 Å². The summed E-state index contributed by atoms with van der Waals surface area (Å²) in [6.45, 7) is 2.93. The number of nitrogens with two attached hydrogens (primary N) is 1. The minimum absolute atomic E-state index is 0.428. The number of rotatable bonds is 3. The summed E-state index contributed by atoms with van der Waals surface area (Å²) < 4.78 is 0. The van der Waals surface area contributed by atoms with E-state index in [0.717, 1.165) is 30.8 Å². The molecule has 0 spiro atoms. The first-order chi connectivity index (χ1) is 9.24. The fraction of sp³-hybridized carbons (Fsp3) is 0.312. The summed E-state index contributed by atoms with van der Waals surface area (Å²) in [7, 11) is 0. The lowest BCUT2D eigenvalue weighted by atomic mass is 10.1. The Morgan fingerprint density at radius 1 is 1.37 bits per heavy atom. The van der Waals surface area contributed by atoms with Gasteiger partial charge in [-0.3, -0.25) is 4.98 Å². The van der Waals surface area contributed by atoms with E-state index in [1.807, 2.05) is 18.3 Å². The van der Waals surface area contributed by atoms with Crippen molar-refractivity contribution in [3.05, 3.63) is 58.9 Å². The van der Waals surface area contributed by atoms with Gasteiger partial charge in [0.15, 0.2) is 0 Å². The zero-order chi connectivity index (χ0) is 13.2. The lowest BCUT2D eigenvalue weighted by Crippen LogP contribution is -2.19. The topological polar surface area (TPSA) is 50.9 Å². The highest BCUT2D eigenvalue weighted by molar-refractivity contribution is 5.47. The number of fused-ring (bicyclic) bond motifs is 1. The smallest absolute Gasteiger partial charge is 0.0570 e. The average Bonchev–Trinajstić information content (AvgIpc) is 2.80. The molecule has 0 saturated heterocycles. The Morgan fingerprint density at radius 2 is 2.26 bits per heavy atom. The molecule has 0 amide bonds. The van der Waals surface area contributed by atoms with Crippen LogP contribution in [0, 0.1) is 6.92 Å². The number of nitrogens with zero attached hydrogens (tertiary/aromatic N) is 1. The van der Waals surface area contributed by atoms with E-state index >= 15 is 0 Å². The van der Waals surface area contributed by atoms with Crippen LogP contribution in [0.3, 0.4) is 0 Å². The molecule has 1 heterocycles. The first-order valence-corrected chi connectivity index (χ1v) is 6.76. The Labute approximate surface area is 113 Å². The predicted octanol–water partition coefficient (Wildman–Crippen LogP) is 2.75. The molecule has 1 unspecified atom stereocenters. The van der Waals surface area contributed by atoms with Gasteiger partial charge in [-0.05, 0) is 54.7 Å². The minimum atomic E-state index is 0.428. The highest BCUT2D eigenvalue weighted by Gasteiger charge is 2.21. The number of aromatic nitrogens is 1. The molecule has 0 fully saturated rings. The third-order valence-corrected chi connectivity index (χ3v) is 3.88. The van der Waals surface area contributed by atoms with Crippen LogP contribution in [0.25, 0.3) is 0 Å². The molecule has 0 radical (unpaired) electrons. The second-order valence-corrected chi connectivity index (χ2v) is 5.20. The van der Waals surface area contributed by atoms with Crippen LogP contribution < -0.4 is 11.1 Å². The van der Waals surface area contributed by atoms with E-state index in [9.17, 15) is 0 Å². The van der Waals surface area contributed by atoms with E-state index in [4.69, 9.17) is 5.73 Å². The highest BCUT2D eigenvalue weighted by Crippen LogP contribution is 2.32. The number of anilines is 1. The molecule has 3 N–H and O–H groups in total. The average molecular weight is 253 g/mol. The minimum Gasteiger partial charge on any atom is -0.399 e. The number of aryl methyl sites for hydroxylation is 2. The molecule has 1 aliphatic carbocycles. The van der Waals surface area contributed by atoms with Crippen LogP contribution in [0.4, 0.5) is 5.69 Å². The summed E-state index contributed by atoms with van der Waals surface area (Å²) in [6, 6.07) is 10.8. The molecule has 1 atom stereocenters. The molecule has 3 nitrogen and oxygen atoms in total. The molecular formula is C16H19N3. The van der Waals surface area contributed by atoms with Gasteiger partial charge in [0.25, 0.3) is 0 Å². The van der Waals surface area contributed by atoms with Gasteiger partial charge in [-0.25, -0.2) is 0 Å². The zero-order valence-corrected chi connectivity index (χ0v) is 11.2. The largest absolute Gasteiger partial charge is 0.399 e. The van der Waals surface area contributed by atoms with Crippen LogP contribution in [-0.4, -0.2) is 4.98 Å². The molecule has 98 valence electrons. The molecule has 3 heteroatoms. The van der Waals surface area contributed by atoms with Gasteiger partial charge < -0.3 is 11.1 Å². The van der Waals surface area contributed by atoms with Crippen LogP contribution in [0.1, 0.15) is 34.8 Å². The van der Waals surface area contributed by atoms with Crippen molar-refractivity contribution in [2.24, 2.45) is 0 Å². The van der Waals surface area contributed by atoms with Crippen LogP contribution in [0.2, 0.25) is 0 Å². The molecule has 1 aromatic heterocycles. The van der Waals surface area contributed by atoms with Gasteiger partial charge in [-0.2, -0.15) is 0 Å². The predicted molar refractivity (Wildman–Crippen MR) is 77.7 cm³/mol. The molecule has 3 rings (SSSR count). The van der Waals surface area contributed by atoms with Crippen molar-refractivity contribution >= 4 is 5.69 Å². The van der Waals surface area contributed by atoms with Gasteiger partial charge >= 0.3 is 0 Å². The zero-order valence-electron chi connectivity index (χ0n) is 11.2. The van der Waals surface area contributed by atoms with Crippen LogP contribution in [0.5, 0.6) is 0 Å². The number of nitrogens with one attached hydrogen (secondary N) is 1. The molecule has 1 aromatic carbocycles. The van der Waals surface area contributed by atoms with Crippen molar-refractivity contribution in [2.45, 2.75) is 32.4 Å². The van der Waals surface area contributed by atoms with E-state index in [2.05, 4.69) is 35.4 Å². The highest BCUT2D eigenvalue weighted by atomic mass is 14.9. The van der Waals surface area contributed by atoms with Crippen molar-refractivity contribution in [3.63, 3.8) is 0 Å². The summed E-state index contributed by atoms with van der Waals surface area (Å²) in [6.07, 6.45) is 4.11. The third kappa shape index (κ3) is 2.47. The molecule has 1 aliphatic rings. The normalized spacial score (nSPS) is 17.4. The summed E-state index contributed by atoms with van der Waals surface area (Å²) in [5.74, 6) is 0. The van der Waals surface area contributed by atoms with Crippen molar-refractivity contribution in [1.29, 1.82) is 0 Å². The quantitative estimate of drug-likeness (QED) is 0.827. The van der Waals surface area contributed by atoms with Gasteiger partial charge in [0.2, 0.25) is 0 Å². The van der Waals surface area contributed by atoms with Crippen LogP contribution >= 0.6 is 0 Å². The number of pyridine rings is 1. The fourth-order valence-corrected chi connectivity index (χ4v) is 2.77. The summed E-state index contributed by atoms with van der Waals surface area (Å²) in [5.41, 5.74) is 11.8. The first-order valence-electron chi connectivity index (χ1n) is 6.76. The summed E-state index contributed by atoms with van der Waals surface area (Å²) in [5, 5.41) is 3.61. The number of nitrogen functional groups attached to an aromatic ring is 1. The Balaban J connectivity index is 1.72. The van der Waals surface area contributed by atoms with Crippen LogP contribution in [0.15, 0.2) is 36.5 Å². The van der Waals surface area contributed by atoms with Crippen molar-refractivity contribution < 1.29 is 0 Å². The molecule has 0 bridgehead atoms. The van der Waals surface area contributed by atoms with Crippen molar-refractivity contribution in [2.75, 3.05) is 5.73 Å². The lowest BCUT2D eigenvalue weighted by Gasteiger charge is -2.14.